The highest BCUT2D eigenvalue weighted by molar-refractivity contribution is 7.93. The highest BCUT2D eigenvalue weighted by Gasteiger charge is 2.35. The lowest BCUT2D eigenvalue weighted by Gasteiger charge is -2.31. The molecule has 0 atom stereocenters. The van der Waals surface area contributed by atoms with Gasteiger partial charge in [0, 0.05) is 16.8 Å². The van der Waals surface area contributed by atoms with E-state index in [1.165, 1.54) is 30.3 Å². The van der Waals surface area contributed by atoms with Crippen LogP contribution in [-0.2, 0) is 24.8 Å². The maximum Gasteiger partial charge on any atom is 0.265 e. The predicted octanol–water partition coefficient (Wildman–Crippen LogP) is 4.92. The van der Waals surface area contributed by atoms with Gasteiger partial charge in [0.05, 0.1) is 21.2 Å². The van der Waals surface area contributed by atoms with Crippen LogP contribution in [0.15, 0.2) is 101 Å². The third-order valence-corrected chi connectivity index (χ3v) is 9.48. The molecule has 8 nitrogen and oxygen atoms in total. The standard InChI is InChI=1S/C28H25N3O5S2/c1-19-11-16-25(20(2)17-19)30-37(33,34)22-14-12-21(13-15-22)29-28(32)18-31-26-9-5-3-7-23(26)24-8-4-6-10-27(24)38(31,35)36/h3-17,30H,18H2,1-2H3,(H,29,32). The summed E-state index contributed by atoms with van der Waals surface area (Å²) >= 11 is 0. The number of anilines is 3. The Morgan fingerprint density at radius 2 is 1.50 bits per heavy atom. The molecule has 0 fully saturated rings. The monoisotopic (exact) mass is 547 g/mol. The van der Waals surface area contributed by atoms with E-state index < -0.39 is 32.5 Å². The molecule has 0 radical (unpaired) electrons. The lowest BCUT2D eigenvalue weighted by Crippen LogP contribution is -2.40. The molecule has 1 aliphatic rings. The first kappa shape index (κ1) is 25.5. The maximum atomic E-state index is 13.4. The number of benzene rings is 4. The van der Waals surface area contributed by atoms with Crippen molar-refractivity contribution in [3.63, 3.8) is 0 Å². The lowest BCUT2D eigenvalue weighted by atomic mass is 10.0. The molecule has 0 saturated heterocycles. The molecule has 10 heteroatoms. The van der Waals surface area contributed by atoms with Gasteiger partial charge in [-0.25, -0.2) is 16.8 Å². The molecule has 0 bridgehead atoms. The Labute approximate surface area is 222 Å². The van der Waals surface area contributed by atoms with Crippen LogP contribution < -0.4 is 14.3 Å². The van der Waals surface area contributed by atoms with Gasteiger partial charge in [-0.3, -0.25) is 13.8 Å². The molecule has 1 heterocycles. The van der Waals surface area contributed by atoms with Gasteiger partial charge in [0.25, 0.3) is 20.0 Å². The first-order valence-electron chi connectivity index (χ1n) is 11.8. The van der Waals surface area contributed by atoms with Crippen LogP contribution in [0.25, 0.3) is 11.1 Å². The van der Waals surface area contributed by atoms with Crippen molar-refractivity contribution in [2.75, 3.05) is 20.9 Å². The molecular weight excluding hydrogens is 522 g/mol. The van der Waals surface area contributed by atoms with E-state index in [9.17, 15) is 21.6 Å². The molecule has 4 aromatic rings. The lowest BCUT2D eigenvalue weighted by molar-refractivity contribution is -0.114. The summed E-state index contributed by atoms with van der Waals surface area (Å²) in [5, 5.41) is 2.67. The summed E-state index contributed by atoms with van der Waals surface area (Å²) in [6.07, 6.45) is 0. The summed E-state index contributed by atoms with van der Waals surface area (Å²) in [7, 11) is -7.80. The average Bonchev–Trinajstić information content (AvgIpc) is 2.89. The van der Waals surface area contributed by atoms with Crippen molar-refractivity contribution in [2.45, 2.75) is 23.6 Å². The Morgan fingerprint density at radius 3 is 2.21 bits per heavy atom. The van der Waals surface area contributed by atoms with Gasteiger partial charge < -0.3 is 5.32 Å². The number of carbonyl (C=O) groups excluding carboxylic acids is 1. The Balaban J connectivity index is 1.33. The molecule has 2 N–H and O–H groups in total. The summed E-state index contributed by atoms with van der Waals surface area (Å²) < 4.78 is 56.1. The SMILES string of the molecule is Cc1ccc(NS(=O)(=O)c2ccc(NC(=O)CN3c4ccccc4-c4ccccc4S3(=O)=O)cc2)c(C)c1. The number of hydrogen-bond donors (Lipinski definition) is 2. The van der Waals surface area contributed by atoms with Gasteiger partial charge in [-0.05, 0) is 61.9 Å². The van der Waals surface area contributed by atoms with E-state index in [1.54, 1.807) is 36.4 Å². The van der Waals surface area contributed by atoms with Crippen LogP contribution in [0.1, 0.15) is 11.1 Å². The Kier molecular flexibility index (Phi) is 6.46. The minimum absolute atomic E-state index is 0.0274. The highest BCUT2D eigenvalue weighted by Crippen LogP contribution is 2.42. The molecular formula is C28H25N3O5S2. The number of aryl methyl sites for hydroxylation is 2. The number of amides is 1. The van der Waals surface area contributed by atoms with Crippen LogP contribution in [-0.4, -0.2) is 29.3 Å². The fraction of sp³-hybridized carbons (Fsp3) is 0.107. The second-order valence-corrected chi connectivity index (χ2v) is 12.5. The minimum Gasteiger partial charge on any atom is -0.325 e. The van der Waals surface area contributed by atoms with Crippen molar-refractivity contribution in [3.05, 3.63) is 102 Å². The predicted molar refractivity (Wildman–Crippen MR) is 148 cm³/mol. The summed E-state index contributed by atoms with van der Waals surface area (Å²) in [4.78, 5) is 13.1. The van der Waals surface area contributed by atoms with Gasteiger partial charge in [0.15, 0.2) is 0 Å². The third-order valence-electron chi connectivity index (χ3n) is 6.28. The molecule has 0 aliphatic carbocycles. The van der Waals surface area contributed by atoms with Gasteiger partial charge in [-0.1, -0.05) is 54.1 Å². The molecule has 1 aliphatic heterocycles. The van der Waals surface area contributed by atoms with E-state index in [0.29, 0.717) is 22.6 Å². The van der Waals surface area contributed by atoms with Gasteiger partial charge in [-0.15, -0.1) is 0 Å². The number of rotatable bonds is 6. The third kappa shape index (κ3) is 4.75. The largest absolute Gasteiger partial charge is 0.325 e. The van der Waals surface area contributed by atoms with E-state index in [2.05, 4.69) is 10.0 Å². The Morgan fingerprint density at radius 1 is 0.842 bits per heavy atom. The van der Waals surface area contributed by atoms with E-state index >= 15 is 0 Å². The van der Waals surface area contributed by atoms with Crippen molar-refractivity contribution in [1.29, 1.82) is 0 Å². The van der Waals surface area contributed by atoms with Crippen LogP contribution in [0.4, 0.5) is 17.1 Å². The zero-order chi connectivity index (χ0) is 27.1. The van der Waals surface area contributed by atoms with Crippen LogP contribution in [0.3, 0.4) is 0 Å². The van der Waals surface area contributed by atoms with Crippen LogP contribution in [0.2, 0.25) is 0 Å². The van der Waals surface area contributed by atoms with Crippen molar-refractivity contribution >= 4 is 43.0 Å². The molecule has 0 saturated carbocycles. The Hall–Kier alpha value is -4.15. The number of hydrogen-bond acceptors (Lipinski definition) is 5. The fourth-order valence-electron chi connectivity index (χ4n) is 4.43. The fourth-order valence-corrected chi connectivity index (χ4v) is 7.21. The molecule has 5 rings (SSSR count). The summed E-state index contributed by atoms with van der Waals surface area (Å²) in [6, 6.07) is 24.8. The van der Waals surface area contributed by atoms with Crippen molar-refractivity contribution < 1.29 is 21.6 Å². The molecule has 1 amide bonds. The number of fused-ring (bicyclic) bond motifs is 3. The van der Waals surface area contributed by atoms with E-state index in [0.717, 1.165) is 21.0 Å². The highest BCUT2D eigenvalue weighted by atomic mass is 32.2. The summed E-state index contributed by atoms with van der Waals surface area (Å²) in [5.74, 6) is -0.563. The van der Waals surface area contributed by atoms with Crippen LogP contribution in [0.5, 0.6) is 0 Å². The second-order valence-electron chi connectivity index (χ2n) is 9.02. The number of sulfonamides is 2. The number of nitrogens with one attached hydrogen (secondary N) is 2. The smallest absolute Gasteiger partial charge is 0.265 e. The summed E-state index contributed by atoms with van der Waals surface area (Å²) in [5.41, 5.74) is 4.37. The number of para-hydroxylation sites is 1. The maximum absolute atomic E-state index is 13.4. The number of carbonyl (C=O) groups is 1. The van der Waals surface area contributed by atoms with Crippen molar-refractivity contribution in [1.82, 2.24) is 0 Å². The molecule has 0 aromatic heterocycles. The zero-order valence-corrected chi connectivity index (χ0v) is 22.3. The van der Waals surface area contributed by atoms with Crippen molar-refractivity contribution in [3.8, 4) is 11.1 Å². The van der Waals surface area contributed by atoms with E-state index in [-0.39, 0.29) is 9.79 Å². The van der Waals surface area contributed by atoms with Gasteiger partial charge in [0.1, 0.15) is 6.54 Å². The zero-order valence-electron chi connectivity index (χ0n) is 20.7. The average molecular weight is 548 g/mol. The van der Waals surface area contributed by atoms with Gasteiger partial charge in [0.2, 0.25) is 5.91 Å². The van der Waals surface area contributed by atoms with E-state index in [1.807, 2.05) is 38.1 Å². The summed E-state index contributed by atoms with van der Waals surface area (Å²) in [6.45, 7) is 3.31. The first-order chi connectivity index (χ1) is 18.1. The molecule has 4 aromatic carbocycles. The minimum atomic E-state index is -3.96. The molecule has 0 spiro atoms. The van der Waals surface area contributed by atoms with E-state index in [4.69, 9.17) is 0 Å². The Bertz CT molecular complexity index is 1770. The second kappa shape index (κ2) is 9.62. The molecule has 194 valence electrons. The number of nitrogens with zero attached hydrogens (tertiary/aromatic N) is 1. The van der Waals surface area contributed by atoms with Gasteiger partial charge in [-0.2, -0.15) is 0 Å². The quantitative estimate of drug-likeness (QED) is 0.356. The van der Waals surface area contributed by atoms with Crippen LogP contribution in [0, 0.1) is 13.8 Å². The molecule has 0 unspecified atom stereocenters. The first-order valence-corrected chi connectivity index (χ1v) is 14.7. The van der Waals surface area contributed by atoms with Crippen molar-refractivity contribution in [2.24, 2.45) is 0 Å². The normalized spacial score (nSPS) is 13.8. The van der Waals surface area contributed by atoms with Gasteiger partial charge >= 0.3 is 0 Å². The molecule has 38 heavy (non-hydrogen) atoms. The van der Waals surface area contributed by atoms with Crippen LogP contribution >= 0.6 is 0 Å². The topological polar surface area (TPSA) is 113 Å².